The minimum atomic E-state index is 0.859. The van der Waals surface area contributed by atoms with Crippen LogP contribution in [0.15, 0.2) is 70.2 Å². The molecule has 0 unspecified atom stereocenters. The molecule has 1 heterocycles. The zero-order chi connectivity index (χ0) is 16.9. The van der Waals surface area contributed by atoms with Gasteiger partial charge in [-0.25, -0.2) is 4.57 Å². The van der Waals surface area contributed by atoms with Crippen molar-refractivity contribution < 1.29 is 4.57 Å². The molecule has 3 rings (SSSR count). The lowest BCUT2D eigenvalue weighted by Gasteiger charge is -2.19. The summed E-state index contributed by atoms with van der Waals surface area (Å²) >= 11 is 1.60. The summed E-state index contributed by atoms with van der Waals surface area (Å²) in [5, 5.41) is 11.6. The third-order valence-corrected chi connectivity index (χ3v) is 4.98. The van der Waals surface area contributed by atoms with Gasteiger partial charge in [0.2, 0.25) is 0 Å². The van der Waals surface area contributed by atoms with E-state index < -0.39 is 0 Å². The van der Waals surface area contributed by atoms with Gasteiger partial charge in [-0.3, -0.25) is 0 Å². The first-order valence-corrected chi connectivity index (χ1v) is 8.72. The van der Waals surface area contributed by atoms with Crippen LogP contribution in [0.2, 0.25) is 0 Å². The Morgan fingerprint density at radius 3 is 2.33 bits per heavy atom. The lowest BCUT2D eigenvalue weighted by atomic mass is 10.2. The van der Waals surface area contributed by atoms with Gasteiger partial charge in [-0.1, -0.05) is 30.3 Å². The van der Waals surface area contributed by atoms with E-state index in [2.05, 4.69) is 70.9 Å². The Kier molecular flexibility index (Phi) is 5.01. The first kappa shape index (κ1) is 16.3. The fraction of sp³-hybridized carbons (Fsp3) is 0.211. The van der Waals surface area contributed by atoms with Crippen molar-refractivity contribution in [3.05, 3.63) is 71.2 Å². The maximum Gasteiger partial charge on any atom is 0.408 e. The van der Waals surface area contributed by atoms with E-state index in [-0.39, 0.29) is 0 Å². The average molecular weight is 337 g/mol. The maximum atomic E-state index is 4.33. The minimum absolute atomic E-state index is 0.859. The molecule has 0 amide bonds. The molecule has 0 saturated heterocycles. The molecule has 0 saturated carbocycles. The van der Waals surface area contributed by atoms with Crippen molar-refractivity contribution in [2.24, 2.45) is 17.3 Å². The molecule has 0 atom stereocenters. The van der Waals surface area contributed by atoms with E-state index in [0.29, 0.717) is 0 Å². The highest BCUT2D eigenvalue weighted by Crippen LogP contribution is 2.23. The van der Waals surface area contributed by atoms with Crippen LogP contribution in [0.3, 0.4) is 0 Å². The Balaban J connectivity index is 1.68. The van der Waals surface area contributed by atoms with Gasteiger partial charge in [-0.15, -0.1) is 0 Å². The highest BCUT2D eigenvalue weighted by Gasteiger charge is 2.11. The molecule has 0 fully saturated rings. The fourth-order valence-electron chi connectivity index (χ4n) is 2.36. The molecule has 0 N–H and O–H groups in total. The summed E-state index contributed by atoms with van der Waals surface area (Å²) < 4.78 is 2.04. The maximum absolute atomic E-state index is 4.33. The Morgan fingerprint density at radius 1 is 1.00 bits per heavy atom. The smallest absolute Gasteiger partial charge is 0.370 e. The Bertz CT molecular complexity index is 822. The van der Waals surface area contributed by atoms with Gasteiger partial charge in [0.1, 0.15) is 11.4 Å². The van der Waals surface area contributed by atoms with E-state index in [4.69, 9.17) is 0 Å². The van der Waals surface area contributed by atoms with Crippen LogP contribution < -0.4 is 9.47 Å². The number of nitrogens with zero attached hydrogens (tertiary/aromatic N) is 4. The number of aromatic nitrogens is 1. The summed E-state index contributed by atoms with van der Waals surface area (Å²) in [6.07, 6.45) is 0. The Hall–Kier alpha value is -2.53. The lowest BCUT2D eigenvalue weighted by molar-refractivity contribution is -0.660. The van der Waals surface area contributed by atoms with Crippen LogP contribution in [0, 0.1) is 6.92 Å². The van der Waals surface area contributed by atoms with Crippen molar-refractivity contribution >= 4 is 27.8 Å². The molecule has 122 valence electrons. The van der Waals surface area contributed by atoms with Gasteiger partial charge >= 0.3 is 5.13 Å². The monoisotopic (exact) mass is 337 g/mol. The van der Waals surface area contributed by atoms with Gasteiger partial charge in [0.15, 0.2) is 0 Å². The third kappa shape index (κ3) is 3.86. The summed E-state index contributed by atoms with van der Waals surface area (Å²) in [7, 11) is 4.10. The topological polar surface area (TPSA) is 31.8 Å². The summed E-state index contributed by atoms with van der Waals surface area (Å²) in [5.74, 6) is 0. The second-order valence-corrected chi connectivity index (χ2v) is 6.61. The molecule has 0 spiro atoms. The minimum Gasteiger partial charge on any atom is -0.370 e. The van der Waals surface area contributed by atoms with E-state index >= 15 is 0 Å². The third-order valence-electron chi connectivity index (χ3n) is 3.95. The van der Waals surface area contributed by atoms with Gasteiger partial charge in [-0.2, -0.15) is 0 Å². The van der Waals surface area contributed by atoms with E-state index in [1.807, 2.05) is 29.8 Å². The molecule has 0 aliphatic rings. The first-order chi connectivity index (χ1) is 11.6. The number of thiazole rings is 1. The molecule has 3 aromatic rings. The fourth-order valence-corrected chi connectivity index (χ4v) is 3.18. The van der Waals surface area contributed by atoms with E-state index in [1.54, 1.807) is 11.3 Å². The molecule has 0 radical (unpaired) electrons. The second-order valence-electron chi connectivity index (χ2n) is 5.78. The molecule has 0 aliphatic heterocycles. The molecule has 5 heteroatoms. The molecule has 24 heavy (non-hydrogen) atoms. The van der Waals surface area contributed by atoms with Crippen molar-refractivity contribution in [2.45, 2.75) is 13.5 Å². The molecular formula is C19H21N4S+. The summed E-state index contributed by atoms with van der Waals surface area (Å²) in [6, 6.07) is 18.6. The SMILES string of the molecule is Cc1csc(N=Nc2ccc(N(C)Cc3ccccc3)cc2)[n+]1C. The lowest BCUT2D eigenvalue weighted by Crippen LogP contribution is -2.28. The summed E-state index contributed by atoms with van der Waals surface area (Å²) in [4.78, 5) is 2.22. The van der Waals surface area contributed by atoms with Crippen LogP contribution in [0.4, 0.5) is 16.5 Å². The number of rotatable bonds is 5. The van der Waals surface area contributed by atoms with Crippen LogP contribution >= 0.6 is 11.3 Å². The zero-order valence-corrected chi connectivity index (χ0v) is 15.0. The second kappa shape index (κ2) is 7.36. The predicted molar refractivity (Wildman–Crippen MR) is 99.4 cm³/mol. The van der Waals surface area contributed by atoms with E-state index in [0.717, 1.165) is 23.1 Å². The molecule has 0 aliphatic carbocycles. The zero-order valence-electron chi connectivity index (χ0n) is 14.2. The largest absolute Gasteiger partial charge is 0.408 e. The van der Waals surface area contributed by atoms with Crippen molar-refractivity contribution in [1.82, 2.24) is 0 Å². The van der Waals surface area contributed by atoms with Crippen molar-refractivity contribution in [3.63, 3.8) is 0 Å². The number of aryl methyl sites for hydroxylation is 1. The Morgan fingerprint density at radius 2 is 1.71 bits per heavy atom. The van der Waals surface area contributed by atoms with Crippen molar-refractivity contribution in [3.8, 4) is 0 Å². The van der Waals surface area contributed by atoms with Gasteiger partial charge in [0.05, 0.1) is 12.2 Å². The Labute approximate surface area is 146 Å². The van der Waals surface area contributed by atoms with E-state index in [9.17, 15) is 0 Å². The molecule has 0 bridgehead atoms. The van der Waals surface area contributed by atoms with Crippen LogP contribution in [0.25, 0.3) is 0 Å². The first-order valence-electron chi connectivity index (χ1n) is 7.84. The highest BCUT2D eigenvalue weighted by molar-refractivity contribution is 7.12. The van der Waals surface area contributed by atoms with Gasteiger partial charge in [0, 0.05) is 24.7 Å². The predicted octanol–water partition coefficient (Wildman–Crippen LogP) is 4.93. The van der Waals surface area contributed by atoms with Crippen LogP contribution in [-0.2, 0) is 13.6 Å². The molecule has 1 aromatic heterocycles. The number of anilines is 1. The highest BCUT2D eigenvalue weighted by atomic mass is 32.1. The summed E-state index contributed by atoms with van der Waals surface area (Å²) in [5.41, 5.74) is 4.50. The number of benzene rings is 2. The normalized spacial score (nSPS) is 11.1. The molecule has 2 aromatic carbocycles. The van der Waals surface area contributed by atoms with Gasteiger partial charge in [-0.05, 0) is 53.2 Å². The van der Waals surface area contributed by atoms with Gasteiger partial charge in [0.25, 0.3) is 0 Å². The summed E-state index contributed by atoms with van der Waals surface area (Å²) in [6.45, 7) is 2.94. The standard InChI is InChI=1S/C19H21N4S/c1-15-14-24-19(23(15)3)21-20-17-9-11-18(12-10-17)22(2)13-16-7-5-4-6-8-16/h4-12,14H,13H2,1-3H3/q+1. The quantitative estimate of drug-likeness (QED) is 0.480. The average Bonchev–Trinajstić information content (AvgIpc) is 2.93. The van der Waals surface area contributed by atoms with Crippen LogP contribution in [0.1, 0.15) is 11.3 Å². The molecular weight excluding hydrogens is 316 g/mol. The number of hydrogen-bond acceptors (Lipinski definition) is 4. The number of azo groups is 1. The van der Waals surface area contributed by atoms with Gasteiger partial charge < -0.3 is 4.90 Å². The number of hydrogen-bond donors (Lipinski definition) is 0. The van der Waals surface area contributed by atoms with Crippen molar-refractivity contribution in [2.75, 3.05) is 11.9 Å². The van der Waals surface area contributed by atoms with E-state index in [1.165, 1.54) is 11.3 Å². The van der Waals surface area contributed by atoms with Crippen LogP contribution in [-0.4, -0.2) is 7.05 Å². The van der Waals surface area contributed by atoms with Crippen LogP contribution in [0.5, 0.6) is 0 Å². The van der Waals surface area contributed by atoms with Crippen molar-refractivity contribution in [1.29, 1.82) is 0 Å². The molecule has 4 nitrogen and oxygen atoms in total.